The number of halogens is 1. The van der Waals surface area contributed by atoms with Crippen molar-refractivity contribution in [2.75, 3.05) is 7.05 Å². The fraction of sp³-hybridized carbons (Fsp3) is 0.250. The first kappa shape index (κ1) is 26.8. The highest BCUT2D eigenvalue weighted by atomic mass is 35.5. The van der Waals surface area contributed by atoms with Crippen LogP contribution in [0.15, 0.2) is 72.8 Å². The average molecular weight is 508 g/mol. The van der Waals surface area contributed by atoms with Crippen molar-refractivity contribution in [2.24, 2.45) is 0 Å². The molecule has 1 unspecified atom stereocenters. The van der Waals surface area contributed by atoms with Crippen molar-refractivity contribution in [3.63, 3.8) is 0 Å². The molecule has 0 radical (unpaired) electrons. The number of benzene rings is 3. The van der Waals surface area contributed by atoms with Gasteiger partial charge in [0.05, 0.1) is 11.1 Å². The first-order chi connectivity index (χ1) is 17.3. The van der Waals surface area contributed by atoms with Crippen molar-refractivity contribution in [1.29, 1.82) is 0 Å². The van der Waals surface area contributed by atoms with Crippen LogP contribution in [0.1, 0.15) is 45.7 Å². The van der Waals surface area contributed by atoms with Crippen molar-refractivity contribution in [3.8, 4) is 5.75 Å². The summed E-state index contributed by atoms with van der Waals surface area (Å²) in [7, 11) is 1.51. The van der Waals surface area contributed by atoms with E-state index >= 15 is 0 Å². The molecule has 188 valence electrons. The Bertz CT molecular complexity index is 1200. The summed E-state index contributed by atoms with van der Waals surface area (Å²) >= 11 is 6.25. The standard InChI is InChI=1S/C28H30ClN3O4/c1-18(2)36-25-14-13-22(16-23(25)29)27(34)32-24(28(35)30-3)15-19-9-11-21(12-10-19)26(33)31-17-20-7-5-4-6-8-20/h4-14,16,18,24H,15,17H2,1-3H3,(H,30,35)(H,31,33)(H,32,34). The van der Waals surface area contributed by atoms with Crippen molar-refractivity contribution in [2.45, 2.75) is 39.0 Å². The number of carbonyl (C=O) groups is 3. The molecule has 0 aliphatic carbocycles. The molecule has 1 atom stereocenters. The number of rotatable bonds is 10. The normalized spacial score (nSPS) is 11.5. The summed E-state index contributed by atoms with van der Waals surface area (Å²) in [5, 5.41) is 8.55. The largest absolute Gasteiger partial charge is 0.489 e. The summed E-state index contributed by atoms with van der Waals surface area (Å²) in [6, 6.07) is 20.5. The summed E-state index contributed by atoms with van der Waals surface area (Å²) in [5.74, 6) is -0.473. The first-order valence-corrected chi connectivity index (χ1v) is 12.0. The summed E-state index contributed by atoms with van der Waals surface area (Å²) in [5.41, 5.74) is 2.63. The van der Waals surface area contributed by atoms with Gasteiger partial charge in [-0.05, 0) is 55.3 Å². The minimum absolute atomic E-state index is 0.0545. The lowest BCUT2D eigenvalue weighted by Crippen LogP contribution is -2.47. The molecule has 0 aromatic heterocycles. The van der Waals surface area contributed by atoms with Gasteiger partial charge in [0.1, 0.15) is 11.8 Å². The van der Waals surface area contributed by atoms with Gasteiger partial charge in [0.15, 0.2) is 0 Å². The minimum atomic E-state index is -0.814. The van der Waals surface area contributed by atoms with Crippen molar-refractivity contribution >= 4 is 29.3 Å². The Morgan fingerprint density at radius 3 is 2.14 bits per heavy atom. The van der Waals surface area contributed by atoms with Gasteiger partial charge in [-0.15, -0.1) is 0 Å². The molecule has 0 aliphatic heterocycles. The third-order valence-corrected chi connectivity index (χ3v) is 5.67. The zero-order valence-electron chi connectivity index (χ0n) is 20.5. The second-order valence-corrected chi connectivity index (χ2v) is 8.93. The number of carbonyl (C=O) groups excluding carboxylic acids is 3. The highest BCUT2D eigenvalue weighted by molar-refractivity contribution is 6.32. The van der Waals surface area contributed by atoms with Crippen molar-refractivity contribution in [3.05, 3.63) is 100 Å². The third kappa shape index (κ3) is 7.58. The van der Waals surface area contributed by atoms with Crippen LogP contribution in [0, 0.1) is 0 Å². The van der Waals surface area contributed by atoms with Gasteiger partial charge in [-0.1, -0.05) is 54.1 Å². The SMILES string of the molecule is CNC(=O)C(Cc1ccc(C(=O)NCc2ccccc2)cc1)NC(=O)c1ccc(OC(C)C)c(Cl)c1. The summed E-state index contributed by atoms with van der Waals surface area (Å²) in [6.07, 6.45) is 0.195. The molecule has 3 aromatic rings. The molecule has 0 saturated carbocycles. The lowest BCUT2D eigenvalue weighted by molar-refractivity contribution is -0.122. The van der Waals surface area contributed by atoms with Crippen LogP contribution in [0.2, 0.25) is 5.02 Å². The molecule has 0 heterocycles. The molecule has 0 fully saturated rings. The molecular formula is C28H30ClN3O4. The van der Waals surface area contributed by atoms with E-state index in [-0.39, 0.29) is 24.3 Å². The van der Waals surface area contributed by atoms with Gasteiger partial charge in [0, 0.05) is 31.1 Å². The van der Waals surface area contributed by atoms with Crippen LogP contribution in [0.3, 0.4) is 0 Å². The van der Waals surface area contributed by atoms with Gasteiger partial charge in [-0.3, -0.25) is 14.4 Å². The van der Waals surface area contributed by atoms with Gasteiger partial charge in [-0.2, -0.15) is 0 Å². The van der Waals surface area contributed by atoms with Crippen LogP contribution in [0.5, 0.6) is 5.75 Å². The van der Waals surface area contributed by atoms with E-state index in [4.69, 9.17) is 16.3 Å². The number of nitrogens with one attached hydrogen (secondary N) is 3. The van der Waals surface area contributed by atoms with Crippen LogP contribution in [0.4, 0.5) is 0 Å². The molecule has 0 bridgehead atoms. The van der Waals surface area contributed by atoms with Crippen LogP contribution < -0.4 is 20.7 Å². The maximum absolute atomic E-state index is 12.8. The topological polar surface area (TPSA) is 96.5 Å². The third-order valence-electron chi connectivity index (χ3n) is 5.38. The zero-order valence-corrected chi connectivity index (χ0v) is 21.3. The predicted octanol–water partition coefficient (Wildman–Crippen LogP) is 4.14. The summed E-state index contributed by atoms with van der Waals surface area (Å²) in [4.78, 5) is 37.8. The van der Waals surface area contributed by atoms with Gasteiger partial charge in [-0.25, -0.2) is 0 Å². The maximum Gasteiger partial charge on any atom is 0.251 e. The molecule has 8 heteroatoms. The van der Waals surface area contributed by atoms with Crippen LogP contribution in [-0.2, 0) is 17.8 Å². The van der Waals surface area contributed by atoms with Gasteiger partial charge < -0.3 is 20.7 Å². The Morgan fingerprint density at radius 2 is 1.53 bits per heavy atom. The number of amides is 3. The Hall–Kier alpha value is -3.84. The highest BCUT2D eigenvalue weighted by Gasteiger charge is 2.22. The van der Waals surface area contributed by atoms with E-state index in [2.05, 4.69) is 16.0 Å². The minimum Gasteiger partial charge on any atom is -0.489 e. The van der Waals surface area contributed by atoms with E-state index in [9.17, 15) is 14.4 Å². The number of hydrogen-bond donors (Lipinski definition) is 3. The van der Waals surface area contributed by atoms with Gasteiger partial charge in [0.25, 0.3) is 11.8 Å². The molecular weight excluding hydrogens is 478 g/mol. The van der Waals surface area contributed by atoms with E-state index in [1.165, 1.54) is 13.1 Å². The Labute approximate surface area is 216 Å². The van der Waals surface area contributed by atoms with Crippen molar-refractivity contribution in [1.82, 2.24) is 16.0 Å². The van der Waals surface area contributed by atoms with Crippen molar-refractivity contribution < 1.29 is 19.1 Å². The quantitative estimate of drug-likeness (QED) is 0.384. The van der Waals surface area contributed by atoms with Crippen LogP contribution >= 0.6 is 11.6 Å². The molecule has 3 N–H and O–H groups in total. The number of ether oxygens (including phenoxy) is 1. The molecule has 36 heavy (non-hydrogen) atoms. The van der Waals surface area contributed by atoms with E-state index in [1.54, 1.807) is 36.4 Å². The van der Waals surface area contributed by atoms with E-state index in [1.807, 2.05) is 44.2 Å². The van der Waals surface area contributed by atoms with Gasteiger partial charge in [0.2, 0.25) is 5.91 Å². The molecule has 0 saturated heterocycles. The van der Waals surface area contributed by atoms with E-state index < -0.39 is 11.9 Å². The highest BCUT2D eigenvalue weighted by Crippen LogP contribution is 2.26. The van der Waals surface area contributed by atoms with E-state index in [0.29, 0.717) is 28.4 Å². The monoisotopic (exact) mass is 507 g/mol. The number of hydrogen-bond acceptors (Lipinski definition) is 4. The Balaban J connectivity index is 1.64. The lowest BCUT2D eigenvalue weighted by atomic mass is 10.0. The fourth-order valence-corrected chi connectivity index (χ4v) is 3.75. The summed E-state index contributed by atoms with van der Waals surface area (Å²) < 4.78 is 5.60. The predicted molar refractivity (Wildman–Crippen MR) is 140 cm³/mol. The van der Waals surface area contributed by atoms with Crippen LogP contribution in [-0.4, -0.2) is 36.9 Å². The molecule has 3 rings (SSSR count). The smallest absolute Gasteiger partial charge is 0.251 e. The summed E-state index contributed by atoms with van der Waals surface area (Å²) in [6.45, 7) is 4.20. The van der Waals surface area contributed by atoms with Gasteiger partial charge >= 0.3 is 0 Å². The Morgan fingerprint density at radius 1 is 0.861 bits per heavy atom. The second kappa shape index (κ2) is 12.7. The second-order valence-electron chi connectivity index (χ2n) is 8.52. The number of likely N-dealkylation sites (N-methyl/N-ethyl adjacent to an activating group) is 1. The first-order valence-electron chi connectivity index (χ1n) is 11.7. The molecule has 3 aromatic carbocycles. The van der Waals surface area contributed by atoms with E-state index in [0.717, 1.165) is 11.1 Å². The maximum atomic E-state index is 12.8. The molecule has 3 amide bonds. The fourth-order valence-electron chi connectivity index (χ4n) is 3.52. The molecule has 0 aliphatic rings. The Kier molecular flexibility index (Phi) is 9.47. The molecule has 0 spiro atoms. The lowest BCUT2D eigenvalue weighted by Gasteiger charge is -2.18. The zero-order chi connectivity index (χ0) is 26.1. The molecule has 7 nitrogen and oxygen atoms in total. The average Bonchev–Trinajstić information content (AvgIpc) is 2.88. The van der Waals surface area contributed by atoms with Crippen LogP contribution in [0.25, 0.3) is 0 Å².